The zero-order valence-electron chi connectivity index (χ0n) is 10.3. The summed E-state index contributed by atoms with van der Waals surface area (Å²) in [5.41, 5.74) is 0.518. The number of rotatable bonds is 2. The lowest BCUT2D eigenvalue weighted by atomic mass is 10.2. The van der Waals surface area contributed by atoms with E-state index in [0.29, 0.717) is 30.2 Å². The quantitative estimate of drug-likeness (QED) is 0.775. The third-order valence-electron chi connectivity index (χ3n) is 3.14. The first kappa shape index (κ1) is 14.3. The molecule has 1 aliphatic rings. The molecule has 0 atom stereocenters. The largest absolute Gasteiger partial charge is 0.336 e. The van der Waals surface area contributed by atoms with E-state index in [4.69, 9.17) is 16.9 Å². The highest BCUT2D eigenvalue weighted by molar-refractivity contribution is 9.10. The molecule has 1 aromatic carbocycles. The van der Waals surface area contributed by atoms with Crippen molar-refractivity contribution in [3.63, 3.8) is 0 Å². The Hall–Kier alpha value is -1.09. The number of benzene rings is 1. The number of carbonyl (C=O) groups excluding carboxylic acids is 1. The fourth-order valence-corrected chi connectivity index (χ4v) is 2.62. The number of amides is 1. The standard InChI is InChI=1S/C13H13BrClN3O/c14-11-3-1-2-10(12(11)15)13(19)18-8-6-17(5-4-16)7-9-18/h1-3H,5-9H2. The van der Waals surface area contributed by atoms with E-state index < -0.39 is 0 Å². The highest BCUT2D eigenvalue weighted by atomic mass is 79.9. The average molecular weight is 343 g/mol. The van der Waals surface area contributed by atoms with Crippen molar-refractivity contribution in [3.8, 4) is 6.07 Å². The molecule has 1 saturated heterocycles. The van der Waals surface area contributed by atoms with Crippen LogP contribution >= 0.6 is 27.5 Å². The maximum Gasteiger partial charge on any atom is 0.255 e. The van der Waals surface area contributed by atoms with Gasteiger partial charge in [-0.25, -0.2) is 0 Å². The Morgan fingerprint density at radius 2 is 2.05 bits per heavy atom. The summed E-state index contributed by atoms with van der Waals surface area (Å²) in [6.07, 6.45) is 0. The van der Waals surface area contributed by atoms with E-state index in [1.54, 1.807) is 17.0 Å². The zero-order valence-corrected chi connectivity index (χ0v) is 12.6. The van der Waals surface area contributed by atoms with Gasteiger partial charge in [-0.3, -0.25) is 9.69 Å². The zero-order chi connectivity index (χ0) is 13.8. The van der Waals surface area contributed by atoms with Crippen molar-refractivity contribution in [2.75, 3.05) is 32.7 Å². The maximum atomic E-state index is 12.4. The van der Waals surface area contributed by atoms with Gasteiger partial charge in [0.15, 0.2) is 0 Å². The highest BCUT2D eigenvalue weighted by Crippen LogP contribution is 2.27. The number of hydrogen-bond acceptors (Lipinski definition) is 3. The minimum atomic E-state index is -0.0529. The van der Waals surface area contributed by atoms with Crippen LogP contribution in [-0.4, -0.2) is 48.4 Å². The predicted molar refractivity (Wildman–Crippen MR) is 77.1 cm³/mol. The monoisotopic (exact) mass is 341 g/mol. The number of carbonyl (C=O) groups is 1. The Bertz CT molecular complexity index is 521. The summed E-state index contributed by atoms with van der Waals surface area (Å²) in [7, 11) is 0. The summed E-state index contributed by atoms with van der Waals surface area (Å²) in [5.74, 6) is -0.0529. The van der Waals surface area contributed by atoms with Crippen LogP contribution in [0.3, 0.4) is 0 Å². The molecule has 0 aliphatic carbocycles. The van der Waals surface area contributed by atoms with Gasteiger partial charge in [-0.1, -0.05) is 17.7 Å². The molecule has 0 N–H and O–H groups in total. The highest BCUT2D eigenvalue weighted by Gasteiger charge is 2.23. The Morgan fingerprint density at radius 3 is 2.68 bits per heavy atom. The van der Waals surface area contributed by atoms with Crippen molar-refractivity contribution in [1.82, 2.24) is 9.80 Å². The second-order valence-electron chi connectivity index (χ2n) is 4.33. The summed E-state index contributed by atoms with van der Waals surface area (Å²) >= 11 is 9.46. The normalized spacial score (nSPS) is 16.2. The first-order valence-corrected chi connectivity index (χ1v) is 7.13. The molecule has 0 saturated carbocycles. The fourth-order valence-electron chi connectivity index (χ4n) is 2.05. The molecule has 0 spiro atoms. The Balaban J connectivity index is 2.06. The van der Waals surface area contributed by atoms with Gasteiger partial charge in [0.1, 0.15) is 0 Å². The summed E-state index contributed by atoms with van der Waals surface area (Å²) in [5, 5.41) is 9.09. The smallest absolute Gasteiger partial charge is 0.255 e. The molecule has 1 amide bonds. The van der Waals surface area contributed by atoms with Gasteiger partial charge < -0.3 is 4.90 Å². The number of halogens is 2. The van der Waals surface area contributed by atoms with Crippen molar-refractivity contribution in [2.24, 2.45) is 0 Å². The minimum absolute atomic E-state index is 0.0529. The van der Waals surface area contributed by atoms with Crippen LogP contribution in [0.25, 0.3) is 0 Å². The lowest BCUT2D eigenvalue weighted by molar-refractivity contribution is 0.0652. The van der Waals surface area contributed by atoms with Crippen LogP contribution in [0.5, 0.6) is 0 Å². The van der Waals surface area contributed by atoms with E-state index in [2.05, 4.69) is 22.0 Å². The van der Waals surface area contributed by atoms with E-state index in [-0.39, 0.29) is 5.91 Å². The van der Waals surface area contributed by atoms with Gasteiger partial charge in [0.05, 0.1) is 23.2 Å². The third-order valence-corrected chi connectivity index (χ3v) is 4.43. The third kappa shape index (κ3) is 3.27. The fraction of sp³-hybridized carbons (Fsp3) is 0.385. The molecule has 0 radical (unpaired) electrons. The summed E-state index contributed by atoms with van der Waals surface area (Å²) in [4.78, 5) is 16.2. The predicted octanol–water partition coefficient (Wildman–Crippen LogP) is 2.38. The van der Waals surface area contributed by atoms with Crippen LogP contribution in [0.2, 0.25) is 5.02 Å². The van der Waals surface area contributed by atoms with E-state index in [1.165, 1.54) is 0 Å². The number of nitrogens with zero attached hydrogens (tertiary/aromatic N) is 3. The van der Waals surface area contributed by atoms with Crippen molar-refractivity contribution >= 4 is 33.4 Å². The molecule has 100 valence electrons. The van der Waals surface area contributed by atoms with Crippen LogP contribution in [0.15, 0.2) is 22.7 Å². The van der Waals surface area contributed by atoms with Gasteiger partial charge in [0, 0.05) is 30.7 Å². The van der Waals surface area contributed by atoms with Gasteiger partial charge in [-0.2, -0.15) is 5.26 Å². The van der Waals surface area contributed by atoms with Crippen LogP contribution in [-0.2, 0) is 0 Å². The summed E-state index contributed by atoms with van der Waals surface area (Å²) < 4.78 is 0.725. The molecule has 0 aromatic heterocycles. The van der Waals surface area contributed by atoms with Crippen molar-refractivity contribution in [3.05, 3.63) is 33.3 Å². The van der Waals surface area contributed by atoms with Crippen molar-refractivity contribution < 1.29 is 4.79 Å². The summed E-state index contributed by atoms with van der Waals surface area (Å²) in [6.45, 7) is 3.13. The van der Waals surface area contributed by atoms with Gasteiger partial charge in [0.25, 0.3) is 5.91 Å². The van der Waals surface area contributed by atoms with Gasteiger partial charge in [0.2, 0.25) is 0 Å². The average Bonchev–Trinajstić information content (AvgIpc) is 2.42. The molecule has 19 heavy (non-hydrogen) atoms. The lowest BCUT2D eigenvalue weighted by Crippen LogP contribution is -2.48. The lowest BCUT2D eigenvalue weighted by Gasteiger charge is -2.33. The molecule has 0 unspecified atom stereocenters. The second kappa shape index (κ2) is 6.38. The topological polar surface area (TPSA) is 47.3 Å². The molecule has 1 aliphatic heterocycles. The van der Waals surface area contributed by atoms with Crippen LogP contribution in [0, 0.1) is 11.3 Å². The minimum Gasteiger partial charge on any atom is -0.336 e. The first-order chi connectivity index (χ1) is 9.13. The number of hydrogen-bond donors (Lipinski definition) is 0. The van der Waals surface area contributed by atoms with E-state index in [9.17, 15) is 4.79 Å². The Morgan fingerprint density at radius 1 is 1.37 bits per heavy atom. The van der Waals surface area contributed by atoms with E-state index in [1.807, 2.05) is 11.0 Å². The van der Waals surface area contributed by atoms with Crippen LogP contribution < -0.4 is 0 Å². The van der Waals surface area contributed by atoms with Crippen molar-refractivity contribution in [1.29, 1.82) is 5.26 Å². The van der Waals surface area contributed by atoms with Crippen molar-refractivity contribution in [2.45, 2.75) is 0 Å². The number of nitriles is 1. The van der Waals surface area contributed by atoms with Gasteiger partial charge in [-0.05, 0) is 28.1 Å². The summed E-state index contributed by atoms with van der Waals surface area (Å²) in [6, 6.07) is 7.47. The SMILES string of the molecule is N#CCN1CCN(C(=O)c2cccc(Br)c2Cl)CC1. The number of piperazine rings is 1. The van der Waals surface area contributed by atoms with Crippen LogP contribution in [0.4, 0.5) is 0 Å². The van der Waals surface area contributed by atoms with Gasteiger partial charge >= 0.3 is 0 Å². The molecule has 4 nitrogen and oxygen atoms in total. The van der Waals surface area contributed by atoms with E-state index in [0.717, 1.165) is 17.6 Å². The van der Waals surface area contributed by atoms with Gasteiger partial charge in [-0.15, -0.1) is 0 Å². The molecule has 6 heteroatoms. The maximum absolute atomic E-state index is 12.4. The molecule has 1 fully saturated rings. The molecular formula is C13H13BrClN3O. The van der Waals surface area contributed by atoms with E-state index >= 15 is 0 Å². The van der Waals surface area contributed by atoms with Crippen LogP contribution in [0.1, 0.15) is 10.4 Å². The molecule has 0 bridgehead atoms. The second-order valence-corrected chi connectivity index (χ2v) is 5.56. The molecule has 1 heterocycles. The molecular weight excluding hydrogens is 330 g/mol. The molecule has 1 aromatic rings. The Kier molecular flexibility index (Phi) is 4.81. The molecule has 2 rings (SSSR count). The first-order valence-electron chi connectivity index (χ1n) is 5.96. The Labute approximate surface area is 125 Å².